The summed E-state index contributed by atoms with van der Waals surface area (Å²) in [6, 6.07) is 10.2. The number of hydrogen-bond donors (Lipinski definition) is 0. The molecule has 0 bridgehead atoms. The molecule has 0 amide bonds. The second-order valence-electron chi connectivity index (χ2n) is 6.99. The maximum absolute atomic E-state index is 12.9. The number of hydrogen-bond acceptors (Lipinski definition) is 5. The van der Waals surface area contributed by atoms with Crippen LogP contribution in [0, 0.1) is 0 Å². The van der Waals surface area contributed by atoms with Gasteiger partial charge in [-0.25, -0.2) is 9.59 Å². The molecule has 0 aliphatic rings. The second kappa shape index (κ2) is 9.40. The molecular formula is C21H13F6NaO5. The van der Waals surface area contributed by atoms with E-state index < -0.39 is 40.9 Å². The van der Waals surface area contributed by atoms with Crippen LogP contribution in [0.15, 0.2) is 57.7 Å². The average molecular weight is 482 g/mol. The van der Waals surface area contributed by atoms with Crippen LogP contribution in [0.25, 0.3) is 11.0 Å². The third-order valence-electron chi connectivity index (χ3n) is 4.80. The molecule has 33 heavy (non-hydrogen) atoms. The van der Waals surface area contributed by atoms with Gasteiger partial charge in [-0.3, -0.25) is 0 Å². The Balaban J connectivity index is 0.00000385. The van der Waals surface area contributed by atoms with Crippen LogP contribution in [0.4, 0.5) is 26.3 Å². The summed E-state index contributed by atoms with van der Waals surface area (Å²) in [6.07, 6.45) is -12.0. The van der Waals surface area contributed by atoms with Crippen molar-refractivity contribution in [1.29, 1.82) is 0 Å². The van der Waals surface area contributed by atoms with Crippen LogP contribution < -0.4 is 40.3 Å². The van der Waals surface area contributed by atoms with Crippen LogP contribution in [-0.2, 0) is 11.2 Å². The molecule has 12 heteroatoms. The van der Waals surface area contributed by atoms with E-state index in [-0.39, 0.29) is 65.0 Å². The zero-order chi connectivity index (χ0) is 23.9. The molecule has 0 saturated heterocycles. The van der Waals surface area contributed by atoms with Crippen molar-refractivity contribution in [2.45, 2.75) is 31.3 Å². The molecule has 0 N–H and O–H groups in total. The van der Waals surface area contributed by atoms with Gasteiger partial charge in [-0.2, -0.15) is 26.3 Å². The Morgan fingerprint density at radius 3 is 2.06 bits per heavy atom. The van der Waals surface area contributed by atoms with Gasteiger partial charge in [-0.05, 0) is 30.7 Å². The number of fused-ring (bicyclic) bond motifs is 1. The number of carbonyl (C=O) groups excluding carboxylic acids is 1. The number of carbonyl (C=O) groups is 1. The van der Waals surface area contributed by atoms with Crippen molar-refractivity contribution in [3.8, 4) is 5.75 Å². The first kappa shape index (κ1) is 26.7. The maximum atomic E-state index is 12.9. The van der Waals surface area contributed by atoms with E-state index in [0.717, 1.165) is 12.1 Å². The number of esters is 1. The molecule has 0 radical (unpaired) electrons. The van der Waals surface area contributed by atoms with Gasteiger partial charge in [0.2, 0.25) is 0 Å². The van der Waals surface area contributed by atoms with Gasteiger partial charge in [0.25, 0.3) is 5.60 Å². The van der Waals surface area contributed by atoms with Crippen LogP contribution in [0.5, 0.6) is 5.75 Å². The molecule has 0 saturated carbocycles. The number of para-hydroxylation sites is 1. The topological polar surface area (TPSA) is 79.6 Å². The first-order chi connectivity index (χ1) is 14.7. The molecule has 0 aliphatic carbocycles. The molecular weight excluding hydrogens is 469 g/mol. The van der Waals surface area contributed by atoms with Crippen LogP contribution in [0.3, 0.4) is 0 Å². The van der Waals surface area contributed by atoms with E-state index in [2.05, 4.69) is 4.74 Å². The number of alkyl halides is 6. The minimum absolute atomic E-state index is 0. The van der Waals surface area contributed by atoms with Crippen LogP contribution in [0.1, 0.15) is 28.4 Å². The molecule has 2 aromatic carbocycles. The maximum Gasteiger partial charge on any atom is 1.00 e. The van der Waals surface area contributed by atoms with Crippen molar-refractivity contribution in [3.63, 3.8) is 0 Å². The van der Waals surface area contributed by atoms with Crippen molar-refractivity contribution in [3.05, 3.63) is 75.6 Å². The standard InChI is InChI=1S/C21H14F6O5.Na/c1-19(20(22,23)24,21(25,26)27)32-17(29)12-8-6-11(7-9-12)10-14-16(28)13-4-2-3-5-15(13)31-18(14)30;/h2-9,28H,10H2,1H3;/q;+1/p-1. The third-order valence-corrected chi connectivity index (χ3v) is 4.80. The fraction of sp³-hybridized carbons (Fsp3) is 0.238. The summed E-state index contributed by atoms with van der Waals surface area (Å²) in [4.78, 5) is 24.1. The number of ether oxygens (including phenoxy) is 1. The molecule has 0 aliphatic heterocycles. The molecule has 1 aromatic heterocycles. The van der Waals surface area contributed by atoms with Crippen molar-refractivity contribution in [1.82, 2.24) is 0 Å². The molecule has 0 atom stereocenters. The summed E-state index contributed by atoms with van der Waals surface area (Å²) in [7, 11) is 0. The van der Waals surface area contributed by atoms with Crippen molar-refractivity contribution in [2.75, 3.05) is 0 Å². The Morgan fingerprint density at radius 2 is 1.52 bits per heavy atom. The van der Waals surface area contributed by atoms with Gasteiger partial charge < -0.3 is 14.3 Å². The number of rotatable bonds is 4. The van der Waals surface area contributed by atoms with Crippen molar-refractivity contribution >= 4 is 16.9 Å². The Bertz CT molecular complexity index is 1200. The summed E-state index contributed by atoms with van der Waals surface area (Å²) in [6.45, 7) is -0.284. The quantitative estimate of drug-likeness (QED) is 0.244. The summed E-state index contributed by atoms with van der Waals surface area (Å²) in [5, 5.41) is 12.7. The molecule has 3 aromatic rings. The number of halogens is 6. The van der Waals surface area contributed by atoms with E-state index in [1.807, 2.05) is 0 Å². The minimum Gasteiger partial charge on any atom is -0.872 e. The van der Waals surface area contributed by atoms with E-state index in [0.29, 0.717) is 0 Å². The van der Waals surface area contributed by atoms with E-state index in [1.165, 1.54) is 24.3 Å². The molecule has 0 unspecified atom stereocenters. The predicted octanol–water partition coefficient (Wildman–Crippen LogP) is 1.50. The SMILES string of the molecule is CC(OC(=O)c1ccc(Cc2c([O-])c3ccccc3oc2=O)cc1)(C(F)(F)F)C(F)(F)F.[Na+]. The van der Waals surface area contributed by atoms with E-state index in [1.54, 1.807) is 12.1 Å². The summed E-state index contributed by atoms with van der Waals surface area (Å²) in [5.74, 6) is -2.42. The predicted molar refractivity (Wildman–Crippen MR) is 97.1 cm³/mol. The number of benzene rings is 2. The summed E-state index contributed by atoms with van der Waals surface area (Å²) < 4.78 is 86.3. The van der Waals surface area contributed by atoms with Crippen molar-refractivity contribution < 1.29 is 75.0 Å². The van der Waals surface area contributed by atoms with Crippen LogP contribution in [0.2, 0.25) is 0 Å². The third kappa shape index (κ3) is 5.20. The molecule has 5 nitrogen and oxygen atoms in total. The minimum atomic E-state index is -5.89. The average Bonchev–Trinajstić information content (AvgIpc) is 2.70. The molecule has 1 heterocycles. The summed E-state index contributed by atoms with van der Waals surface area (Å²) >= 11 is 0. The first-order valence-electron chi connectivity index (χ1n) is 8.92. The summed E-state index contributed by atoms with van der Waals surface area (Å²) in [5.41, 5.74) is -6.00. The van der Waals surface area contributed by atoms with Crippen LogP contribution in [-0.4, -0.2) is 23.9 Å². The van der Waals surface area contributed by atoms with Gasteiger partial charge in [0.15, 0.2) is 0 Å². The molecule has 0 spiro atoms. The Labute approximate surface area is 204 Å². The van der Waals surface area contributed by atoms with Gasteiger partial charge in [-0.1, -0.05) is 36.1 Å². The zero-order valence-corrected chi connectivity index (χ0v) is 19.1. The Morgan fingerprint density at radius 1 is 0.970 bits per heavy atom. The fourth-order valence-electron chi connectivity index (χ4n) is 2.80. The van der Waals surface area contributed by atoms with Gasteiger partial charge >= 0.3 is 53.5 Å². The molecule has 3 rings (SSSR count). The van der Waals surface area contributed by atoms with Gasteiger partial charge in [-0.15, -0.1) is 0 Å². The fourth-order valence-corrected chi connectivity index (χ4v) is 2.80. The van der Waals surface area contributed by atoms with Gasteiger partial charge in [0.1, 0.15) is 5.58 Å². The monoisotopic (exact) mass is 482 g/mol. The largest absolute Gasteiger partial charge is 1.00 e. The van der Waals surface area contributed by atoms with E-state index in [4.69, 9.17) is 4.42 Å². The molecule has 170 valence electrons. The van der Waals surface area contributed by atoms with Gasteiger partial charge in [0, 0.05) is 17.4 Å². The Hall–Kier alpha value is -2.50. The second-order valence-corrected chi connectivity index (χ2v) is 6.99. The zero-order valence-electron chi connectivity index (χ0n) is 17.1. The first-order valence-corrected chi connectivity index (χ1v) is 8.92. The van der Waals surface area contributed by atoms with E-state index >= 15 is 0 Å². The van der Waals surface area contributed by atoms with E-state index in [9.17, 15) is 41.0 Å². The molecule has 0 fully saturated rings. The van der Waals surface area contributed by atoms with Gasteiger partial charge in [0.05, 0.1) is 5.56 Å². The smallest absolute Gasteiger partial charge is 0.872 e. The van der Waals surface area contributed by atoms with Crippen LogP contribution >= 0.6 is 0 Å². The van der Waals surface area contributed by atoms with Crippen molar-refractivity contribution in [2.24, 2.45) is 0 Å². The Kier molecular flexibility index (Phi) is 7.62. The normalized spacial score (nSPS) is 12.3.